The van der Waals surface area contributed by atoms with E-state index >= 15 is 0 Å². The zero-order valence-corrected chi connectivity index (χ0v) is 10.6. The first-order chi connectivity index (χ1) is 6.35. The fourth-order valence-corrected chi connectivity index (χ4v) is 2.16. The maximum absolute atomic E-state index is 3.53. The summed E-state index contributed by atoms with van der Waals surface area (Å²) in [6.45, 7) is 16.3. The van der Waals surface area contributed by atoms with Crippen molar-refractivity contribution in [1.82, 2.24) is 10.2 Å². The Morgan fingerprint density at radius 3 is 2.36 bits per heavy atom. The van der Waals surface area contributed by atoms with Gasteiger partial charge in [-0.2, -0.15) is 0 Å². The van der Waals surface area contributed by atoms with Crippen LogP contribution in [0, 0.1) is 5.92 Å². The topological polar surface area (TPSA) is 15.3 Å². The van der Waals surface area contributed by atoms with Gasteiger partial charge in [0, 0.05) is 30.7 Å². The minimum absolute atomic E-state index is 0.315. The highest BCUT2D eigenvalue weighted by Gasteiger charge is 2.36. The fourth-order valence-electron chi connectivity index (χ4n) is 2.16. The van der Waals surface area contributed by atoms with Crippen molar-refractivity contribution in [3.63, 3.8) is 0 Å². The predicted molar refractivity (Wildman–Crippen MR) is 62.5 cm³/mol. The Kier molecular flexibility index (Phi) is 3.59. The summed E-state index contributed by atoms with van der Waals surface area (Å²) in [4.78, 5) is 2.65. The van der Waals surface area contributed by atoms with Crippen LogP contribution in [0.15, 0.2) is 0 Å². The third-order valence-electron chi connectivity index (χ3n) is 3.92. The van der Waals surface area contributed by atoms with Crippen LogP contribution < -0.4 is 5.32 Å². The van der Waals surface area contributed by atoms with Gasteiger partial charge < -0.3 is 5.32 Å². The molecule has 1 aliphatic rings. The second kappa shape index (κ2) is 4.19. The summed E-state index contributed by atoms with van der Waals surface area (Å²) in [7, 11) is 0. The highest BCUT2D eigenvalue weighted by atomic mass is 15.3. The molecule has 0 amide bonds. The zero-order valence-electron chi connectivity index (χ0n) is 10.6. The van der Waals surface area contributed by atoms with E-state index in [4.69, 9.17) is 0 Å². The van der Waals surface area contributed by atoms with E-state index in [-0.39, 0.29) is 0 Å². The van der Waals surface area contributed by atoms with Gasteiger partial charge in [-0.3, -0.25) is 4.90 Å². The lowest BCUT2D eigenvalue weighted by molar-refractivity contribution is 0.0123. The summed E-state index contributed by atoms with van der Waals surface area (Å²) in [5.74, 6) is 0.704. The molecule has 1 fully saturated rings. The molecule has 1 N–H and O–H groups in total. The molecule has 1 rings (SSSR count). The van der Waals surface area contributed by atoms with E-state index < -0.39 is 0 Å². The van der Waals surface area contributed by atoms with Crippen LogP contribution in [-0.2, 0) is 0 Å². The first-order valence-corrected chi connectivity index (χ1v) is 5.85. The molecular weight excluding hydrogens is 172 g/mol. The van der Waals surface area contributed by atoms with Gasteiger partial charge in [0.25, 0.3) is 0 Å². The number of rotatable bonds is 2. The molecular formula is C12H26N2. The van der Waals surface area contributed by atoms with Gasteiger partial charge in [-0.1, -0.05) is 13.8 Å². The van der Waals surface area contributed by atoms with Gasteiger partial charge in [0.1, 0.15) is 0 Å². The molecule has 0 aromatic heterocycles. The number of hydrogen-bond acceptors (Lipinski definition) is 2. The molecule has 14 heavy (non-hydrogen) atoms. The Hall–Kier alpha value is -0.0800. The van der Waals surface area contributed by atoms with Gasteiger partial charge in [0.05, 0.1) is 0 Å². The molecule has 1 saturated heterocycles. The van der Waals surface area contributed by atoms with Gasteiger partial charge in [-0.05, 0) is 33.6 Å². The molecule has 0 aromatic rings. The van der Waals surface area contributed by atoms with Crippen molar-refractivity contribution >= 4 is 0 Å². The average molecular weight is 198 g/mol. The van der Waals surface area contributed by atoms with Gasteiger partial charge >= 0.3 is 0 Å². The summed E-state index contributed by atoms with van der Waals surface area (Å²) in [5, 5.41) is 3.53. The van der Waals surface area contributed by atoms with Crippen molar-refractivity contribution in [3.8, 4) is 0 Å². The SMILES string of the molecule is CC1CN(C(C)(C)C(C)C)C(C)CN1. The lowest BCUT2D eigenvalue weighted by Crippen LogP contribution is -2.62. The van der Waals surface area contributed by atoms with Gasteiger partial charge in [-0.15, -0.1) is 0 Å². The minimum atomic E-state index is 0.315. The molecule has 0 bridgehead atoms. The third-order valence-corrected chi connectivity index (χ3v) is 3.92. The van der Waals surface area contributed by atoms with Crippen molar-refractivity contribution in [2.75, 3.05) is 13.1 Å². The van der Waals surface area contributed by atoms with Gasteiger partial charge in [0.15, 0.2) is 0 Å². The Bertz CT molecular complexity index is 187. The normalized spacial score (nSPS) is 31.1. The van der Waals surface area contributed by atoms with E-state index in [2.05, 4.69) is 51.8 Å². The molecule has 0 aliphatic carbocycles. The molecule has 0 spiro atoms. The Morgan fingerprint density at radius 2 is 1.86 bits per heavy atom. The molecule has 0 radical (unpaired) electrons. The molecule has 1 aliphatic heterocycles. The molecule has 2 unspecified atom stereocenters. The Labute approximate surface area is 89.1 Å². The lowest BCUT2D eigenvalue weighted by Gasteiger charge is -2.49. The van der Waals surface area contributed by atoms with Crippen LogP contribution in [0.4, 0.5) is 0 Å². The smallest absolute Gasteiger partial charge is 0.0198 e. The number of nitrogens with one attached hydrogen (secondary N) is 1. The first kappa shape index (κ1) is 12.0. The van der Waals surface area contributed by atoms with Crippen LogP contribution in [0.3, 0.4) is 0 Å². The van der Waals surface area contributed by atoms with Crippen molar-refractivity contribution < 1.29 is 0 Å². The molecule has 2 nitrogen and oxygen atoms in total. The van der Waals surface area contributed by atoms with Crippen LogP contribution in [0.5, 0.6) is 0 Å². The number of hydrogen-bond donors (Lipinski definition) is 1. The molecule has 0 saturated carbocycles. The maximum atomic E-state index is 3.53. The molecule has 1 heterocycles. The minimum Gasteiger partial charge on any atom is -0.311 e. The van der Waals surface area contributed by atoms with Crippen LogP contribution in [0.25, 0.3) is 0 Å². The summed E-state index contributed by atoms with van der Waals surface area (Å²) < 4.78 is 0. The second-order valence-corrected chi connectivity index (χ2v) is 5.62. The average Bonchev–Trinajstić information content (AvgIpc) is 2.08. The standard InChI is InChI=1S/C12H26N2/c1-9(2)12(5,6)14-8-10(3)13-7-11(14)4/h9-11,13H,7-8H2,1-6H3. The highest BCUT2D eigenvalue weighted by molar-refractivity contribution is 4.93. The van der Waals surface area contributed by atoms with E-state index in [0.29, 0.717) is 23.5 Å². The molecule has 2 heteroatoms. The fraction of sp³-hybridized carbons (Fsp3) is 1.00. The van der Waals surface area contributed by atoms with Gasteiger partial charge in [-0.25, -0.2) is 0 Å². The largest absolute Gasteiger partial charge is 0.311 e. The van der Waals surface area contributed by atoms with E-state index in [1.54, 1.807) is 0 Å². The summed E-state index contributed by atoms with van der Waals surface area (Å²) in [6, 6.07) is 1.29. The van der Waals surface area contributed by atoms with E-state index in [1.165, 1.54) is 6.54 Å². The van der Waals surface area contributed by atoms with Crippen molar-refractivity contribution in [2.45, 2.75) is 59.2 Å². The molecule has 84 valence electrons. The summed E-state index contributed by atoms with van der Waals surface area (Å²) in [5.41, 5.74) is 0.315. The number of piperazine rings is 1. The van der Waals surface area contributed by atoms with Crippen LogP contribution in [0.2, 0.25) is 0 Å². The summed E-state index contributed by atoms with van der Waals surface area (Å²) >= 11 is 0. The quantitative estimate of drug-likeness (QED) is 0.731. The van der Waals surface area contributed by atoms with Crippen molar-refractivity contribution in [3.05, 3.63) is 0 Å². The molecule has 0 aromatic carbocycles. The summed E-state index contributed by atoms with van der Waals surface area (Å²) in [6.07, 6.45) is 0. The Balaban J connectivity index is 2.73. The Morgan fingerprint density at radius 1 is 1.29 bits per heavy atom. The highest BCUT2D eigenvalue weighted by Crippen LogP contribution is 2.27. The second-order valence-electron chi connectivity index (χ2n) is 5.62. The maximum Gasteiger partial charge on any atom is 0.0198 e. The van der Waals surface area contributed by atoms with Crippen molar-refractivity contribution in [2.24, 2.45) is 5.92 Å². The van der Waals surface area contributed by atoms with Crippen LogP contribution in [-0.4, -0.2) is 35.6 Å². The third kappa shape index (κ3) is 2.29. The monoisotopic (exact) mass is 198 g/mol. The van der Waals surface area contributed by atoms with Crippen LogP contribution in [0.1, 0.15) is 41.5 Å². The zero-order chi connectivity index (χ0) is 10.9. The van der Waals surface area contributed by atoms with Gasteiger partial charge in [0.2, 0.25) is 0 Å². The predicted octanol–water partition coefficient (Wildman–Crippen LogP) is 2.10. The van der Waals surface area contributed by atoms with Crippen molar-refractivity contribution in [1.29, 1.82) is 0 Å². The van der Waals surface area contributed by atoms with E-state index in [0.717, 1.165) is 6.54 Å². The van der Waals surface area contributed by atoms with Crippen LogP contribution >= 0.6 is 0 Å². The van der Waals surface area contributed by atoms with E-state index in [1.807, 2.05) is 0 Å². The van der Waals surface area contributed by atoms with E-state index in [9.17, 15) is 0 Å². The first-order valence-electron chi connectivity index (χ1n) is 5.85. The lowest BCUT2D eigenvalue weighted by atomic mass is 9.86. The molecule has 2 atom stereocenters. The number of nitrogens with zero attached hydrogens (tertiary/aromatic N) is 1.